The van der Waals surface area contributed by atoms with Crippen LogP contribution in [0.3, 0.4) is 0 Å². The topological polar surface area (TPSA) is 109 Å². The van der Waals surface area contributed by atoms with E-state index in [2.05, 4.69) is 4.98 Å². The fourth-order valence-corrected chi connectivity index (χ4v) is 2.78. The molecule has 0 bridgehead atoms. The molecule has 0 aliphatic carbocycles. The van der Waals surface area contributed by atoms with Gasteiger partial charge in [-0.05, 0) is 41.5 Å². The molecule has 1 aromatic heterocycles. The van der Waals surface area contributed by atoms with Crippen LogP contribution in [0.25, 0.3) is 0 Å². The van der Waals surface area contributed by atoms with Crippen molar-refractivity contribution in [3.63, 3.8) is 0 Å². The molecule has 2 rings (SSSR count). The van der Waals surface area contributed by atoms with Crippen molar-refractivity contribution in [2.75, 3.05) is 12.3 Å². The van der Waals surface area contributed by atoms with Gasteiger partial charge in [0.05, 0.1) is 30.5 Å². The fourth-order valence-electron chi connectivity index (χ4n) is 2.78. The van der Waals surface area contributed by atoms with Crippen molar-refractivity contribution in [1.29, 1.82) is 0 Å². The normalized spacial score (nSPS) is 24.2. The molecule has 0 amide bonds. The number of ether oxygens (including phenoxy) is 3. The molecule has 148 valence electrons. The Bertz CT molecular complexity index is 675. The summed E-state index contributed by atoms with van der Waals surface area (Å²) in [5.41, 5.74) is 4.87. The quantitative estimate of drug-likeness (QED) is 0.811. The SMILES string of the molecule is CC(C)(C)OC[C@H]1O[C@@H](n2cc(CO)c(N)nc2=O)CC1OC(C)(C)C. The molecule has 8 nitrogen and oxygen atoms in total. The summed E-state index contributed by atoms with van der Waals surface area (Å²) in [5, 5.41) is 9.39. The molecule has 0 spiro atoms. The van der Waals surface area contributed by atoms with Gasteiger partial charge in [0, 0.05) is 18.2 Å². The zero-order chi connectivity index (χ0) is 19.7. The van der Waals surface area contributed by atoms with Gasteiger partial charge in [0.15, 0.2) is 0 Å². The Balaban J connectivity index is 2.25. The van der Waals surface area contributed by atoms with Crippen LogP contribution in [0.15, 0.2) is 11.0 Å². The summed E-state index contributed by atoms with van der Waals surface area (Å²) in [5.74, 6) is 0.0295. The standard InChI is InChI=1S/C18H31N3O5/c1-17(2,3)24-10-13-12(26-18(4,5)6)7-14(25-13)21-8-11(9-22)15(19)20-16(21)23/h8,12-14,22H,7,9-10H2,1-6H3,(H2,19,20,23)/t12?,13-,14-/m1/s1. The van der Waals surface area contributed by atoms with Gasteiger partial charge in [-0.2, -0.15) is 4.98 Å². The van der Waals surface area contributed by atoms with Crippen molar-refractivity contribution < 1.29 is 19.3 Å². The summed E-state index contributed by atoms with van der Waals surface area (Å²) < 4.78 is 19.4. The first-order chi connectivity index (χ1) is 11.9. The maximum atomic E-state index is 12.2. The lowest BCUT2D eigenvalue weighted by Gasteiger charge is -2.29. The van der Waals surface area contributed by atoms with Gasteiger partial charge in [-0.15, -0.1) is 0 Å². The van der Waals surface area contributed by atoms with Crippen molar-refractivity contribution in [3.8, 4) is 0 Å². The molecule has 26 heavy (non-hydrogen) atoms. The molecule has 1 unspecified atom stereocenters. The number of nitrogens with zero attached hydrogens (tertiary/aromatic N) is 2. The van der Waals surface area contributed by atoms with Crippen LogP contribution < -0.4 is 11.4 Å². The highest BCUT2D eigenvalue weighted by molar-refractivity contribution is 5.36. The highest BCUT2D eigenvalue weighted by Crippen LogP contribution is 2.33. The summed E-state index contributed by atoms with van der Waals surface area (Å²) in [4.78, 5) is 16.0. The molecule has 1 fully saturated rings. The molecule has 0 radical (unpaired) electrons. The smallest absolute Gasteiger partial charge is 0.351 e. The van der Waals surface area contributed by atoms with E-state index in [-0.39, 0.29) is 35.8 Å². The molecule has 8 heteroatoms. The minimum absolute atomic E-state index is 0.0295. The van der Waals surface area contributed by atoms with Crippen LogP contribution in [0, 0.1) is 0 Å². The van der Waals surface area contributed by atoms with Crippen molar-refractivity contribution in [3.05, 3.63) is 22.2 Å². The molecule has 1 aromatic rings. The second kappa shape index (κ2) is 7.64. The van der Waals surface area contributed by atoms with Crippen LogP contribution in [0.5, 0.6) is 0 Å². The van der Waals surface area contributed by atoms with Gasteiger partial charge in [-0.1, -0.05) is 0 Å². The van der Waals surface area contributed by atoms with Gasteiger partial charge < -0.3 is 25.1 Å². The van der Waals surface area contributed by atoms with E-state index >= 15 is 0 Å². The molecule has 2 heterocycles. The molecular formula is C18H31N3O5. The van der Waals surface area contributed by atoms with Gasteiger partial charge >= 0.3 is 5.69 Å². The maximum absolute atomic E-state index is 12.2. The zero-order valence-corrected chi connectivity index (χ0v) is 16.5. The van der Waals surface area contributed by atoms with Gasteiger partial charge in [0.1, 0.15) is 18.1 Å². The monoisotopic (exact) mass is 369 g/mol. The van der Waals surface area contributed by atoms with Crippen molar-refractivity contribution in [2.45, 2.75) is 84.2 Å². The van der Waals surface area contributed by atoms with Crippen molar-refractivity contribution in [1.82, 2.24) is 9.55 Å². The molecule has 1 saturated heterocycles. The first-order valence-corrected chi connectivity index (χ1v) is 8.85. The summed E-state index contributed by atoms with van der Waals surface area (Å²) in [6.07, 6.45) is 0.870. The van der Waals surface area contributed by atoms with Crippen molar-refractivity contribution >= 4 is 5.82 Å². The number of anilines is 1. The molecule has 3 atom stereocenters. The Morgan fingerprint density at radius 3 is 2.50 bits per heavy atom. The van der Waals surface area contributed by atoms with E-state index in [1.807, 2.05) is 41.5 Å². The number of hydrogen-bond donors (Lipinski definition) is 2. The first kappa shape index (κ1) is 20.8. The third-order valence-electron chi connectivity index (χ3n) is 3.91. The second-order valence-electron chi connectivity index (χ2n) is 8.56. The Hall–Kier alpha value is -1.48. The van der Waals surface area contributed by atoms with Gasteiger partial charge in [0.25, 0.3) is 0 Å². The highest BCUT2D eigenvalue weighted by Gasteiger charge is 2.40. The molecule has 1 aliphatic heterocycles. The van der Waals surface area contributed by atoms with Crippen LogP contribution >= 0.6 is 0 Å². The lowest BCUT2D eigenvalue weighted by molar-refractivity contribution is -0.132. The third-order valence-corrected chi connectivity index (χ3v) is 3.91. The number of nitrogen functional groups attached to an aromatic ring is 1. The molecule has 1 aliphatic rings. The Kier molecular flexibility index (Phi) is 6.12. The predicted molar refractivity (Wildman–Crippen MR) is 97.7 cm³/mol. The lowest BCUT2D eigenvalue weighted by atomic mass is 10.1. The first-order valence-electron chi connectivity index (χ1n) is 8.85. The number of aliphatic hydroxyl groups is 1. The van der Waals surface area contributed by atoms with E-state index in [1.54, 1.807) is 0 Å². The number of aliphatic hydroxyl groups excluding tert-OH is 1. The van der Waals surface area contributed by atoms with Crippen molar-refractivity contribution in [2.24, 2.45) is 0 Å². The molecular weight excluding hydrogens is 338 g/mol. The van der Waals surface area contributed by atoms with Gasteiger partial charge in [-0.3, -0.25) is 4.57 Å². The molecule has 0 saturated carbocycles. The predicted octanol–water partition coefficient (Wildman–Crippen LogP) is 1.60. The minimum Gasteiger partial charge on any atom is -0.391 e. The maximum Gasteiger partial charge on any atom is 0.351 e. The average Bonchev–Trinajstić information content (AvgIpc) is 2.85. The minimum atomic E-state index is -0.554. The number of aromatic nitrogens is 2. The summed E-state index contributed by atoms with van der Waals surface area (Å²) in [7, 11) is 0. The van der Waals surface area contributed by atoms with E-state index in [4.69, 9.17) is 19.9 Å². The lowest BCUT2D eigenvalue weighted by Crippen LogP contribution is -2.37. The largest absolute Gasteiger partial charge is 0.391 e. The Labute approximate surface area is 154 Å². The zero-order valence-electron chi connectivity index (χ0n) is 16.5. The van der Waals surface area contributed by atoms with Gasteiger partial charge in [-0.25, -0.2) is 4.79 Å². The van der Waals surface area contributed by atoms with E-state index in [1.165, 1.54) is 10.8 Å². The summed E-state index contributed by atoms with van der Waals surface area (Å²) >= 11 is 0. The number of nitrogens with two attached hydrogens (primary N) is 1. The number of hydrogen-bond acceptors (Lipinski definition) is 7. The van der Waals surface area contributed by atoms with Crippen LogP contribution in [-0.4, -0.2) is 44.7 Å². The Morgan fingerprint density at radius 2 is 1.96 bits per heavy atom. The van der Waals surface area contributed by atoms with Gasteiger partial charge in [0.2, 0.25) is 0 Å². The van der Waals surface area contributed by atoms with E-state index in [0.29, 0.717) is 18.6 Å². The average molecular weight is 369 g/mol. The van der Waals surface area contributed by atoms with Crippen LogP contribution in [0.2, 0.25) is 0 Å². The molecule has 3 N–H and O–H groups in total. The summed E-state index contributed by atoms with van der Waals surface area (Å²) in [6.45, 7) is 11.9. The van der Waals surface area contributed by atoms with Crippen LogP contribution in [0.1, 0.15) is 59.8 Å². The second-order valence-corrected chi connectivity index (χ2v) is 8.56. The summed E-state index contributed by atoms with van der Waals surface area (Å²) in [6, 6.07) is 0. The van der Waals surface area contributed by atoms with Crippen LogP contribution in [0.4, 0.5) is 5.82 Å². The highest BCUT2D eigenvalue weighted by atomic mass is 16.6. The van der Waals surface area contributed by atoms with E-state index in [9.17, 15) is 9.90 Å². The van der Waals surface area contributed by atoms with Crippen LogP contribution in [-0.2, 0) is 20.8 Å². The van der Waals surface area contributed by atoms with E-state index < -0.39 is 11.9 Å². The Morgan fingerprint density at radius 1 is 1.31 bits per heavy atom. The third kappa shape index (κ3) is 5.51. The molecule has 0 aromatic carbocycles. The fraction of sp³-hybridized carbons (Fsp3) is 0.778. The number of rotatable bonds is 5. The van der Waals surface area contributed by atoms with E-state index in [0.717, 1.165) is 0 Å².